The van der Waals surface area contributed by atoms with E-state index < -0.39 is 10.8 Å². The van der Waals surface area contributed by atoms with Gasteiger partial charge in [0.15, 0.2) is 0 Å². The second-order valence-electron chi connectivity index (χ2n) is 3.88. The SMILES string of the molecule is CCC([Se]c1ccccc1)S(=O)c1ccccc1. The van der Waals surface area contributed by atoms with Gasteiger partial charge in [0.05, 0.1) is 0 Å². The number of rotatable bonds is 5. The molecule has 1 nitrogen and oxygen atoms in total. The van der Waals surface area contributed by atoms with Crippen LogP contribution >= 0.6 is 0 Å². The van der Waals surface area contributed by atoms with Gasteiger partial charge in [0.25, 0.3) is 0 Å². The molecule has 0 fully saturated rings. The fourth-order valence-corrected chi connectivity index (χ4v) is 6.23. The fraction of sp³-hybridized carbons (Fsp3) is 0.200. The molecule has 2 aromatic rings. The van der Waals surface area contributed by atoms with Gasteiger partial charge in [-0.25, -0.2) is 0 Å². The van der Waals surface area contributed by atoms with Crippen LogP contribution in [0.3, 0.4) is 0 Å². The molecule has 0 aliphatic heterocycles. The predicted molar refractivity (Wildman–Crippen MR) is 78.8 cm³/mol. The van der Waals surface area contributed by atoms with E-state index in [0.29, 0.717) is 0 Å². The third kappa shape index (κ3) is 3.55. The Morgan fingerprint density at radius 1 is 1.00 bits per heavy atom. The van der Waals surface area contributed by atoms with Gasteiger partial charge in [-0.1, -0.05) is 0 Å². The minimum atomic E-state index is -0.894. The molecule has 94 valence electrons. The van der Waals surface area contributed by atoms with E-state index in [-0.39, 0.29) is 19.1 Å². The van der Waals surface area contributed by atoms with Crippen molar-refractivity contribution in [1.29, 1.82) is 0 Å². The average molecular weight is 323 g/mol. The molecule has 0 bridgehead atoms. The van der Waals surface area contributed by atoms with Crippen molar-refractivity contribution in [3.8, 4) is 0 Å². The summed E-state index contributed by atoms with van der Waals surface area (Å²) in [6.45, 7) is 2.12. The maximum atomic E-state index is 12.5. The zero-order valence-corrected chi connectivity index (χ0v) is 12.8. The standard InChI is InChI=1S/C15H16OSSe/c1-2-15(18-14-11-7-4-8-12-14)17(16)13-9-5-3-6-10-13/h3-12,15H,2H2,1H3. The Bertz CT molecular complexity index is 498. The van der Waals surface area contributed by atoms with Crippen molar-refractivity contribution < 1.29 is 4.21 Å². The van der Waals surface area contributed by atoms with Gasteiger partial charge in [0.1, 0.15) is 0 Å². The number of hydrogen-bond donors (Lipinski definition) is 0. The van der Waals surface area contributed by atoms with E-state index in [9.17, 15) is 4.21 Å². The van der Waals surface area contributed by atoms with E-state index >= 15 is 0 Å². The van der Waals surface area contributed by atoms with Gasteiger partial charge < -0.3 is 0 Å². The maximum absolute atomic E-state index is 12.5. The van der Waals surface area contributed by atoms with Gasteiger partial charge in [-0.15, -0.1) is 0 Å². The van der Waals surface area contributed by atoms with Crippen LogP contribution in [0.15, 0.2) is 65.6 Å². The Balaban J connectivity index is 2.12. The quantitative estimate of drug-likeness (QED) is 0.773. The van der Waals surface area contributed by atoms with E-state index in [2.05, 4.69) is 31.2 Å². The third-order valence-corrected chi connectivity index (χ3v) is 8.10. The molecule has 0 radical (unpaired) electrons. The first-order chi connectivity index (χ1) is 8.81. The molecule has 2 aromatic carbocycles. The van der Waals surface area contributed by atoms with Crippen molar-refractivity contribution in [3.05, 3.63) is 60.7 Å². The van der Waals surface area contributed by atoms with Crippen molar-refractivity contribution in [3.63, 3.8) is 0 Å². The molecule has 0 saturated carbocycles. The summed E-state index contributed by atoms with van der Waals surface area (Å²) < 4.78 is 14.1. The van der Waals surface area contributed by atoms with Gasteiger partial charge in [0, 0.05) is 0 Å². The molecular formula is C15H16OSSe. The molecule has 2 rings (SSSR count). The summed E-state index contributed by atoms with van der Waals surface area (Å²) >= 11 is 0.261. The van der Waals surface area contributed by atoms with Gasteiger partial charge >= 0.3 is 117 Å². The molecule has 18 heavy (non-hydrogen) atoms. The van der Waals surface area contributed by atoms with Crippen LogP contribution in [0.25, 0.3) is 0 Å². The molecule has 0 saturated heterocycles. The van der Waals surface area contributed by atoms with E-state index in [4.69, 9.17) is 0 Å². The summed E-state index contributed by atoms with van der Waals surface area (Å²) in [5.74, 6) is 0. The first-order valence-electron chi connectivity index (χ1n) is 5.98. The first kappa shape index (κ1) is 13.5. The zero-order valence-electron chi connectivity index (χ0n) is 10.3. The monoisotopic (exact) mass is 324 g/mol. The summed E-state index contributed by atoms with van der Waals surface area (Å²) in [7, 11) is -0.894. The van der Waals surface area contributed by atoms with Crippen LogP contribution < -0.4 is 4.46 Å². The van der Waals surface area contributed by atoms with Gasteiger partial charge in [-0.05, 0) is 0 Å². The van der Waals surface area contributed by atoms with Crippen LogP contribution in [0.4, 0.5) is 0 Å². The van der Waals surface area contributed by atoms with Crippen molar-refractivity contribution >= 4 is 30.2 Å². The first-order valence-corrected chi connectivity index (χ1v) is 9.04. The summed E-state index contributed by atoms with van der Waals surface area (Å²) in [6.07, 6.45) is 0.955. The summed E-state index contributed by atoms with van der Waals surface area (Å²) in [5, 5.41) is 0. The molecule has 0 amide bonds. The Kier molecular flexibility index (Phi) is 5.18. The van der Waals surface area contributed by atoms with Crippen LogP contribution in [0.2, 0.25) is 0 Å². The average Bonchev–Trinajstić information content (AvgIpc) is 2.46. The normalized spacial score (nSPS) is 14.1. The number of benzene rings is 2. The summed E-state index contributed by atoms with van der Waals surface area (Å²) in [5.41, 5.74) is 0. The molecule has 0 aromatic heterocycles. The minimum absolute atomic E-state index is 0.252. The van der Waals surface area contributed by atoms with Crippen LogP contribution in [-0.4, -0.2) is 23.3 Å². The van der Waals surface area contributed by atoms with E-state index in [0.717, 1.165) is 11.3 Å². The van der Waals surface area contributed by atoms with Crippen LogP contribution in [0.5, 0.6) is 0 Å². The number of hydrogen-bond acceptors (Lipinski definition) is 1. The van der Waals surface area contributed by atoms with Crippen molar-refractivity contribution in [2.75, 3.05) is 0 Å². The van der Waals surface area contributed by atoms with E-state index in [1.807, 2.05) is 36.4 Å². The second-order valence-corrected chi connectivity index (χ2v) is 8.87. The van der Waals surface area contributed by atoms with Gasteiger partial charge in [0.2, 0.25) is 0 Å². The van der Waals surface area contributed by atoms with Gasteiger partial charge in [-0.2, -0.15) is 0 Å². The molecular weight excluding hydrogens is 307 g/mol. The molecule has 2 unspecified atom stereocenters. The Morgan fingerprint density at radius 3 is 2.11 bits per heavy atom. The second kappa shape index (κ2) is 6.89. The summed E-state index contributed by atoms with van der Waals surface area (Å²) in [4.78, 5) is 0.946. The molecule has 0 aliphatic rings. The van der Waals surface area contributed by atoms with Crippen LogP contribution in [-0.2, 0) is 10.8 Å². The molecule has 2 atom stereocenters. The fourth-order valence-electron chi connectivity index (χ4n) is 1.64. The summed E-state index contributed by atoms with van der Waals surface area (Å²) in [6, 6.07) is 20.2. The third-order valence-electron chi connectivity index (χ3n) is 2.56. The van der Waals surface area contributed by atoms with Crippen molar-refractivity contribution in [2.24, 2.45) is 0 Å². The molecule has 0 N–H and O–H groups in total. The van der Waals surface area contributed by atoms with E-state index in [1.54, 1.807) is 0 Å². The molecule has 3 heteroatoms. The van der Waals surface area contributed by atoms with Crippen LogP contribution in [0, 0.1) is 0 Å². The Hall–Kier alpha value is -0.891. The molecule has 0 aliphatic carbocycles. The molecule has 0 heterocycles. The van der Waals surface area contributed by atoms with E-state index in [1.165, 1.54) is 4.46 Å². The Labute approximate surface area is 117 Å². The predicted octanol–water partition coefficient (Wildman–Crippen LogP) is 2.56. The van der Waals surface area contributed by atoms with Crippen molar-refractivity contribution in [2.45, 2.75) is 22.4 Å². The van der Waals surface area contributed by atoms with Crippen molar-refractivity contribution in [1.82, 2.24) is 0 Å². The topological polar surface area (TPSA) is 17.1 Å². The Morgan fingerprint density at radius 2 is 1.56 bits per heavy atom. The zero-order chi connectivity index (χ0) is 12.8. The van der Waals surface area contributed by atoms with Crippen LogP contribution in [0.1, 0.15) is 13.3 Å². The van der Waals surface area contributed by atoms with Gasteiger partial charge in [-0.3, -0.25) is 0 Å². The molecule has 0 spiro atoms.